The third kappa shape index (κ3) is 4.69. The third-order valence-corrected chi connectivity index (χ3v) is 2.57. The zero-order valence-electron chi connectivity index (χ0n) is 11.1. The maximum atomic E-state index is 10.0. The van der Waals surface area contributed by atoms with Gasteiger partial charge in [-0.2, -0.15) is 8.42 Å². The fourth-order valence-corrected chi connectivity index (χ4v) is 1.83. The highest BCUT2D eigenvalue weighted by Crippen LogP contribution is 2.06. The largest absolute Gasteiger partial charge is 0.494 e. The van der Waals surface area contributed by atoms with E-state index in [4.69, 9.17) is 0 Å². The van der Waals surface area contributed by atoms with E-state index < -0.39 is 26.3 Å². The normalized spacial score (nSPS) is 12.6. The summed E-state index contributed by atoms with van der Waals surface area (Å²) in [7, 11) is -2.66. The first kappa shape index (κ1) is 15.6. The summed E-state index contributed by atoms with van der Waals surface area (Å²) in [4.78, 5) is 11.9. The van der Waals surface area contributed by atoms with Gasteiger partial charge in [0, 0.05) is 0 Å². The maximum absolute atomic E-state index is 10.0. The molecule has 0 unspecified atom stereocenters. The molecule has 1 aliphatic rings. The van der Waals surface area contributed by atoms with Crippen LogP contribution >= 0.6 is 0 Å². The number of nitro groups is 1. The number of guanidine groups is 1. The lowest BCUT2D eigenvalue weighted by Crippen LogP contribution is -2.05. The highest BCUT2D eigenvalue weighted by molar-refractivity contribution is 7.72. The number of hydrogen-bond acceptors (Lipinski definition) is 5. The highest BCUT2D eigenvalue weighted by Gasteiger charge is 2.23. The third-order valence-electron chi connectivity index (χ3n) is 2.10. The van der Waals surface area contributed by atoms with Gasteiger partial charge < -0.3 is 10.1 Å². The van der Waals surface area contributed by atoms with Crippen LogP contribution < -0.4 is 0 Å². The van der Waals surface area contributed by atoms with Crippen LogP contribution in [-0.4, -0.2) is 24.4 Å². The molecule has 0 atom stereocenters. The topological polar surface area (TPSA) is 114 Å². The predicted molar refractivity (Wildman–Crippen MR) is 73.9 cm³/mol. The molecule has 2 rings (SSSR count). The Labute approximate surface area is 116 Å². The van der Waals surface area contributed by atoms with Crippen molar-refractivity contribution in [2.75, 3.05) is 0 Å². The van der Waals surface area contributed by atoms with Gasteiger partial charge in [0.15, 0.2) is 0 Å². The van der Waals surface area contributed by atoms with Crippen LogP contribution in [0, 0.1) is 30.9 Å². The van der Waals surface area contributed by atoms with Crippen LogP contribution in [0.25, 0.3) is 0 Å². The molecule has 0 bridgehead atoms. The molecule has 1 aromatic rings. The second-order valence-electron chi connectivity index (χ2n) is 4.05. The molecule has 20 heavy (non-hydrogen) atoms. The van der Waals surface area contributed by atoms with Gasteiger partial charge in [-0.15, -0.1) is 0 Å². The van der Waals surface area contributed by atoms with Gasteiger partial charge in [-0.3, -0.25) is 0 Å². The Bertz CT molecular complexity index is 676. The molecule has 0 N–H and O–H groups in total. The summed E-state index contributed by atoms with van der Waals surface area (Å²) in [5, 5.41) is 15.0. The fourth-order valence-electron chi connectivity index (χ4n) is 1.57. The first-order chi connectivity index (χ1) is 9.29. The molecule has 0 saturated heterocycles. The number of aryl methyl sites for hydroxylation is 3. The number of nitrogens with zero attached hydrogens (tertiary/aromatic N) is 4. The summed E-state index contributed by atoms with van der Waals surface area (Å²) in [6.45, 7) is 6.38. The molecular weight excluding hydrogens is 284 g/mol. The zero-order chi connectivity index (χ0) is 15.3. The molecule has 0 radical (unpaired) electrons. The van der Waals surface area contributed by atoms with Crippen LogP contribution in [0.15, 0.2) is 33.4 Å². The number of hydrogen-bond donors (Lipinski definition) is 0. The monoisotopic (exact) mass is 296 g/mol. The molecule has 0 fully saturated rings. The van der Waals surface area contributed by atoms with Crippen LogP contribution in [0.3, 0.4) is 0 Å². The minimum absolute atomic E-state index is 0.670. The Kier molecular flexibility index (Phi) is 5.21. The van der Waals surface area contributed by atoms with Gasteiger partial charge in [-0.05, 0) is 35.8 Å². The average molecular weight is 296 g/mol. The zero-order valence-corrected chi connectivity index (χ0v) is 11.9. The molecule has 0 amide bonds. The maximum Gasteiger partial charge on any atom is 0.494 e. The predicted octanol–water partition coefficient (Wildman–Crippen LogP) is 1.66. The average Bonchev–Trinajstić information content (AvgIpc) is 2.76. The Balaban J connectivity index is 0.000000204. The van der Waals surface area contributed by atoms with E-state index in [0.29, 0.717) is 0 Å². The summed E-state index contributed by atoms with van der Waals surface area (Å²) in [6, 6.07) is 6.56. The van der Waals surface area contributed by atoms with E-state index in [1.165, 1.54) is 16.7 Å². The van der Waals surface area contributed by atoms with E-state index in [1.807, 2.05) is 0 Å². The lowest BCUT2D eigenvalue weighted by atomic mass is 10.1. The Morgan fingerprint density at radius 3 is 1.70 bits per heavy atom. The highest BCUT2D eigenvalue weighted by atomic mass is 32.2. The first-order valence-corrected chi connectivity index (χ1v) is 6.53. The Morgan fingerprint density at radius 1 is 1.00 bits per heavy atom. The van der Waals surface area contributed by atoms with Gasteiger partial charge in [0.05, 0.1) is 5.11 Å². The second kappa shape index (κ2) is 6.66. The molecule has 1 heterocycles. The molecular formula is C11H12N4O4S. The van der Waals surface area contributed by atoms with E-state index in [-0.39, 0.29) is 0 Å². The summed E-state index contributed by atoms with van der Waals surface area (Å²) in [5.41, 5.74) is 4.06. The van der Waals surface area contributed by atoms with Crippen LogP contribution in [-0.2, 0) is 10.3 Å². The molecule has 0 spiro atoms. The van der Waals surface area contributed by atoms with E-state index in [1.54, 1.807) is 0 Å². The minimum atomic E-state index is -2.66. The van der Waals surface area contributed by atoms with Crippen LogP contribution in [0.5, 0.6) is 0 Å². The first-order valence-electron chi connectivity index (χ1n) is 5.45. The quantitative estimate of drug-likeness (QED) is 0.411. The van der Waals surface area contributed by atoms with Gasteiger partial charge in [-0.1, -0.05) is 34.9 Å². The molecule has 0 aromatic heterocycles. The van der Waals surface area contributed by atoms with Crippen molar-refractivity contribution in [3.8, 4) is 0 Å². The van der Waals surface area contributed by atoms with E-state index in [2.05, 4.69) is 54.2 Å². The Hall–Kier alpha value is -2.42. The van der Waals surface area contributed by atoms with Gasteiger partial charge in [-0.25, -0.2) is 0 Å². The smallest absolute Gasteiger partial charge is 0.390 e. The molecule has 0 saturated carbocycles. The van der Waals surface area contributed by atoms with E-state index in [0.717, 1.165) is 0 Å². The molecule has 9 heteroatoms. The molecule has 1 aliphatic heterocycles. The van der Waals surface area contributed by atoms with Crippen molar-refractivity contribution in [2.45, 2.75) is 20.8 Å². The SMILES string of the molecule is Cc1cc(C)cc(C)c1.O=[N+]([O-])C1=NC(=S(=O)=O)N=N1. The van der Waals surface area contributed by atoms with Crippen molar-refractivity contribution in [3.63, 3.8) is 0 Å². The summed E-state index contributed by atoms with van der Waals surface area (Å²) in [5.74, 6) is -0.816. The standard InChI is InChI=1S/C9H12.C2N4O4S/c1-7-4-8(2)6-9(3)5-7;7-6(8)1-3-2(5-4-1)11(9)10/h4-6H,1-3H3;. The summed E-state index contributed by atoms with van der Waals surface area (Å²) >= 11 is 0. The van der Waals surface area contributed by atoms with Crippen LogP contribution in [0.4, 0.5) is 0 Å². The lowest BCUT2D eigenvalue weighted by molar-refractivity contribution is -0.351. The van der Waals surface area contributed by atoms with Crippen LogP contribution in [0.1, 0.15) is 16.7 Å². The van der Waals surface area contributed by atoms with Crippen molar-refractivity contribution in [3.05, 3.63) is 45.0 Å². The molecule has 1 aromatic carbocycles. The minimum Gasteiger partial charge on any atom is -0.390 e. The van der Waals surface area contributed by atoms with E-state index in [9.17, 15) is 18.5 Å². The lowest BCUT2D eigenvalue weighted by Gasteiger charge is -1.96. The number of azo groups is 1. The summed E-state index contributed by atoms with van der Waals surface area (Å²) < 4.78 is 20.1. The second-order valence-corrected chi connectivity index (χ2v) is 4.89. The molecule has 0 aliphatic carbocycles. The van der Waals surface area contributed by atoms with Crippen molar-refractivity contribution in [1.29, 1.82) is 0 Å². The summed E-state index contributed by atoms with van der Waals surface area (Å²) in [6.07, 6.45) is 0. The van der Waals surface area contributed by atoms with Crippen molar-refractivity contribution in [1.82, 2.24) is 0 Å². The number of aliphatic imine (C=N–C) groups is 1. The number of benzene rings is 1. The van der Waals surface area contributed by atoms with Crippen LogP contribution in [0.2, 0.25) is 0 Å². The molecule has 8 nitrogen and oxygen atoms in total. The van der Waals surface area contributed by atoms with Gasteiger partial charge in [0.2, 0.25) is 0 Å². The van der Waals surface area contributed by atoms with Gasteiger partial charge in [0.25, 0.3) is 10.3 Å². The fraction of sp³-hybridized carbons (Fsp3) is 0.273. The number of rotatable bonds is 0. The van der Waals surface area contributed by atoms with Crippen molar-refractivity contribution >= 4 is 21.4 Å². The van der Waals surface area contributed by atoms with Crippen molar-refractivity contribution < 1.29 is 13.3 Å². The van der Waals surface area contributed by atoms with Gasteiger partial charge in [0.1, 0.15) is 0 Å². The Morgan fingerprint density at radius 2 is 1.45 bits per heavy atom. The van der Waals surface area contributed by atoms with Crippen molar-refractivity contribution in [2.24, 2.45) is 15.2 Å². The van der Waals surface area contributed by atoms with Gasteiger partial charge >= 0.3 is 11.1 Å². The van der Waals surface area contributed by atoms with E-state index >= 15 is 0 Å². The molecule has 106 valence electrons.